The third kappa shape index (κ3) is 3.89. The molecule has 0 spiro atoms. The number of carboxylic acids is 1. The second-order valence-electron chi connectivity index (χ2n) is 6.07. The first-order chi connectivity index (χ1) is 9.47. The van der Waals surface area contributed by atoms with Gasteiger partial charge in [0.2, 0.25) is 0 Å². The second kappa shape index (κ2) is 6.16. The van der Waals surface area contributed by atoms with Gasteiger partial charge in [-0.05, 0) is 48.8 Å². The van der Waals surface area contributed by atoms with Gasteiger partial charge >= 0.3 is 5.97 Å². The van der Waals surface area contributed by atoms with Crippen LogP contribution in [0.3, 0.4) is 0 Å². The Balaban J connectivity index is 2.16. The largest absolute Gasteiger partial charge is 0.491 e. The maximum atomic E-state index is 11.4. The average molecular weight is 277 g/mol. The van der Waals surface area contributed by atoms with Crippen LogP contribution < -0.4 is 10.5 Å². The summed E-state index contributed by atoms with van der Waals surface area (Å²) >= 11 is 0. The van der Waals surface area contributed by atoms with E-state index < -0.39 is 11.9 Å². The molecule has 1 aromatic carbocycles. The van der Waals surface area contributed by atoms with E-state index in [9.17, 15) is 9.90 Å². The van der Waals surface area contributed by atoms with Crippen molar-refractivity contribution < 1.29 is 14.6 Å². The predicted molar refractivity (Wildman–Crippen MR) is 78.9 cm³/mol. The first-order valence-corrected chi connectivity index (χ1v) is 7.22. The number of carboxylic acid groups (broad SMARTS) is 1. The highest BCUT2D eigenvalue weighted by Gasteiger charge is 2.24. The Hall–Kier alpha value is -1.71. The summed E-state index contributed by atoms with van der Waals surface area (Å²) in [7, 11) is 0. The molecule has 1 atom stereocenters. The van der Waals surface area contributed by atoms with E-state index in [-0.39, 0.29) is 0 Å². The SMILES string of the molecule is CC(C)CC(C(=O)O)c1ccc(N)c(OCC2CC2)c1. The number of aliphatic carboxylic acids is 1. The first-order valence-electron chi connectivity index (χ1n) is 7.22. The fraction of sp³-hybridized carbons (Fsp3) is 0.562. The molecule has 0 bridgehead atoms. The third-order valence-electron chi connectivity index (χ3n) is 3.62. The van der Waals surface area contributed by atoms with E-state index in [1.54, 1.807) is 18.2 Å². The monoisotopic (exact) mass is 277 g/mol. The molecule has 0 aromatic heterocycles. The molecule has 1 fully saturated rings. The van der Waals surface area contributed by atoms with Crippen LogP contribution in [0.1, 0.15) is 44.6 Å². The lowest BCUT2D eigenvalue weighted by Gasteiger charge is -2.17. The zero-order valence-electron chi connectivity index (χ0n) is 12.1. The Morgan fingerprint density at radius 3 is 2.70 bits per heavy atom. The molecule has 4 nitrogen and oxygen atoms in total. The van der Waals surface area contributed by atoms with Crippen LogP contribution in [0.5, 0.6) is 5.75 Å². The molecule has 1 aliphatic carbocycles. The molecule has 4 heteroatoms. The molecule has 20 heavy (non-hydrogen) atoms. The van der Waals surface area contributed by atoms with Crippen molar-refractivity contribution in [2.75, 3.05) is 12.3 Å². The lowest BCUT2D eigenvalue weighted by Crippen LogP contribution is -2.14. The summed E-state index contributed by atoms with van der Waals surface area (Å²) in [5.74, 6) is 0.286. The summed E-state index contributed by atoms with van der Waals surface area (Å²) in [5, 5.41) is 9.39. The van der Waals surface area contributed by atoms with E-state index >= 15 is 0 Å². The van der Waals surface area contributed by atoms with Gasteiger partial charge in [-0.3, -0.25) is 4.79 Å². The zero-order chi connectivity index (χ0) is 14.7. The molecule has 0 aliphatic heterocycles. The maximum Gasteiger partial charge on any atom is 0.310 e. The molecule has 1 aliphatic rings. The molecule has 1 unspecified atom stereocenters. The number of benzene rings is 1. The molecule has 2 rings (SSSR count). The Bertz CT molecular complexity index is 481. The number of hydrogen-bond donors (Lipinski definition) is 2. The zero-order valence-corrected chi connectivity index (χ0v) is 12.1. The molecule has 0 radical (unpaired) electrons. The van der Waals surface area contributed by atoms with Crippen molar-refractivity contribution >= 4 is 11.7 Å². The normalized spacial score (nSPS) is 16.1. The number of carbonyl (C=O) groups is 1. The van der Waals surface area contributed by atoms with E-state index in [1.807, 2.05) is 13.8 Å². The Morgan fingerprint density at radius 2 is 2.15 bits per heavy atom. The van der Waals surface area contributed by atoms with Gasteiger partial charge in [-0.1, -0.05) is 19.9 Å². The quantitative estimate of drug-likeness (QED) is 0.750. The summed E-state index contributed by atoms with van der Waals surface area (Å²) in [5.41, 5.74) is 7.24. The summed E-state index contributed by atoms with van der Waals surface area (Å²) < 4.78 is 5.72. The van der Waals surface area contributed by atoms with E-state index in [2.05, 4.69) is 0 Å². The summed E-state index contributed by atoms with van der Waals surface area (Å²) in [6, 6.07) is 5.33. The van der Waals surface area contributed by atoms with Gasteiger partial charge in [0.05, 0.1) is 18.2 Å². The minimum Gasteiger partial charge on any atom is -0.491 e. The predicted octanol–water partition coefficient (Wildman–Crippen LogP) is 3.27. The standard InChI is InChI=1S/C16H23NO3/c1-10(2)7-13(16(18)19)12-5-6-14(17)15(8-12)20-9-11-3-4-11/h5-6,8,10-11,13H,3-4,7,9,17H2,1-2H3,(H,18,19). The van der Waals surface area contributed by atoms with E-state index in [0.717, 1.165) is 5.56 Å². The number of rotatable bonds is 7. The number of hydrogen-bond acceptors (Lipinski definition) is 3. The van der Waals surface area contributed by atoms with Gasteiger partial charge in [0.1, 0.15) is 5.75 Å². The fourth-order valence-corrected chi connectivity index (χ4v) is 2.24. The molecule has 0 heterocycles. The average Bonchev–Trinajstić information content (AvgIpc) is 3.19. The topological polar surface area (TPSA) is 72.5 Å². The van der Waals surface area contributed by atoms with Gasteiger partial charge in [0, 0.05) is 0 Å². The molecule has 0 amide bonds. The summed E-state index contributed by atoms with van der Waals surface area (Å²) in [6.45, 7) is 4.73. The van der Waals surface area contributed by atoms with Gasteiger partial charge in [0.15, 0.2) is 0 Å². The maximum absolute atomic E-state index is 11.4. The minimum atomic E-state index is -0.795. The van der Waals surface area contributed by atoms with Crippen LogP contribution in [0.2, 0.25) is 0 Å². The minimum absolute atomic E-state index is 0.324. The summed E-state index contributed by atoms with van der Waals surface area (Å²) in [4.78, 5) is 11.4. The van der Waals surface area contributed by atoms with Crippen LogP contribution in [0.15, 0.2) is 18.2 Å². The van der Waals surface area contributed by atoms with Crippen molar-refractivity contribution in [1.29, 1.82) is 0 Å². The number of ether oxygens (including phenoxy) is 1. The first kappa shape index (κ1) is 14.7. The van der Waals surface area contributed by atoms with Crippen molar-refractivity contribution in [3.05, 3.63) is 23.8 Å². The molecule has 110 valence electrons. The van der Waals surface area contributed by atoms with Crippen LogP contribution in [0.25, 0.3) is 0 Å². The van der Waals surface area contributed by atoms with Crippen LogP contribution in [0, 0.1) is 11.8 Å². The van der Waals surface area contributed by atoms with Crippen molar-refractivity contribution in [2.24, 2.45) is 11.8 Å². The van der Waals surface area contributed by atoms with Gasteiger partial charge in [-0.2, -0.15) is 0 Å². The Morgan fingerprint density at radius 1 is 1.45 bits per heavy atom. The van der Waals surface area contributed by atoms with Crippen LogP contribution in [-0.4, -0.2) is 17.7 Å². The van der Waals surface area contributed by atoms with Crippen LogP contribution in [0.4, 0.5) is 5.69 Å². The van der Waals surface area contributed by atoms with Crippen molar-refractivity contribution in [2.45, 2.75) is 39.0 Å². The smallest absolute Gasteiger partial charge is 0.310 e. The highest BCUT2D eigenvalue weighted by Crippen LogP contribution is 2.33. The Kier molecular flexibility index (Phi) is 4.53. The fourth-order valence-electron chi connectivity index (χ4n) is 2.24. The number of nitrogens with two attached hydrogens (primary N) is 1. The van der Waals surface area contributed by atoms with E-state index in [0.29, 0.717) is 36.3 Å². The lowest BCUT2D eigenvalue weighted by molar-refractivity contribution is -0.139. The van der Waals surface area contributed by atoms with E-state index in [1.165, 1.54) is 12.8 Å². The third-order valence-corrected chi connectivity index (χ3v) is 3.62. The number of anilines is 1. The summed E-state index contributed by atoms with van der Waals surface area (Å²) in [6.07, 6.45) is 3.04. The van der Waals surface area contributed by atoms with Gasteiger partial charge in [-0.15, -0.1) is 0 Å². The number of nitrogen functional groups attached to an aromatic ring is 1. The lowest BCUT2D eigenvalue weighted by atomic mass is 9.90. The van der Waals surface area contributed by atoms with E-state index in [4.69, 9.17) is 10.5 Å². The molecular weight excluding hydrogens is 254 g/mol. The highest BCUT2D eigenvalue weighted by atomic mass is 16.5. The van der Waals surface area contributed by atoms with Crippen molar-refractivity contribution in [3.8, 4) is 5.75 Å². The molecule has 1 aromatic rings. The van der Waals surface area contributed by atoms with Gasteiger partial charge < -0.3 is 15.6 Å². The molecule has 3 N–H and O–H groups in total. The highest BCUT2D eigenvalue weighted by molar-refractivity contribution is 5.76. The van der Waals surface area contributed by atoms with Crippen LogP contribution >= 0.6 is 0 Å². The molecule has 0 saturated heterocycles. The van der Waals surface area contributed by atoms with Gasteiger partial charge in [-0.25, -0.2) is 0 Å². The molecular formula is C16H23NO3. The van der Waals surface area contributed by atoms with Gasteiger partial charge in [0.25, 0.3) is 0 Å². The van der Waals surface area contributed by atoms with Crippen LogP contribution in [-0.2, 0) is 4.79 Å². The molecule has 1 saturated carbocycles. The van der Waals surface area contributed by atoms with Crippen molar-refractivity contribution in [3.63, 3.8) is 0 Å². The second-order valence-corrected chi connectivity index (χ2v) is 6.07. The Labute approximate surface area is 119 Å². The van der Waals surface area contributed by atoms with Crippen molar-refractivity contribution in [1.82, 2.24) is 0 Å².